The third kappa shape index (κ3) is 2.80. The van der Waals surface area contributed by atoms with E-state index in [0.29, 0.717) is 18.9 Å². The summed E-state index contributed by atoms with van der Waals surface area (Å²) >= 11 is 11.9. The van der Waals surface area contributed by atoms with Crippen molar-refractivity contribution in [3.05, 3.63) is 32.3 Å². The van der Waals surface area contributed by atoms with Gasteiger partial charge in [0.15, 0.2) is 0 Å². The Morgan fingerprint density at radius 3 is 2.53 bits per heavy atom. The minimum Gasteiger partial charge on any atom is -0.379 e. The van der Waals surface area contributed by atoms with Gasteiger partial charge in [0.2, 0.25) is 0 Å². The van der Waals surface area contributed by atoms with Crippen LogP contribution in [0.5, 0.6) is 0 Å². The predicted octanol–water partition coefficient (Wildman–Crippen LogP) is 3.10. The van der Waals surface area contributed by atoms with E-state index in [-0.39, 0.29) is 21.8 Å². The van der Waals surface area contributed by atoms with Crippen LogP contribution in [0.4, 0.5) is 11.4 Å². The third-order valence-electron chi connectivity index (χ3n) is 2.52. The average molecular weight is 277 g/mol. The van der Waals surface area contributed by atoms with Gasteiger partial charge in [-0.1, -0.05) is 23.2 Å². The predicted molar refractivity (Wildman–Crippen MR) is 66.0 cm³/mol. The number of anilines is 1. The first kappa shape index (κ1) is 12.4. The molecule has 1 aliphatic heterocycles. The Morgan fingerprint density at radius 2 is 2.06 bits per heavy atom. The summed E-state index contributed by atoms with van der Waals surface area (Å²) in [6.45, 7) is 1.28. The number of nitrogens with one attached hydrogen (secondary N) is 1. The van der Waals surface area contributed by atoms with Crippen LogP contribution in [0.15, 0.2) is 12.1 Å². The van der Waals surface area contributed by atoms with Crippen LogP contribution in [0, 0.1) is 10.1 Å². The number of nitro groups is 1. The topological polar surface area (TPSA) is 64.4 Å². The molecule has 1 aliphatic rings. The third-order valence-corrected chi connectivity index (χ3v) is 3.11. The number of rotatable bonds is 3. The molecule has 92 valence electrons. The standard InChI is InChI=1S/C10H10Cl2N2O3/c11-8-3-7(14(15)16)4-9(12)10(8)13-6-1-2-17-5-6/h3-4,6,13H,1-2,5H2. The number of hydrogen-bond acceptors (Lipinski definition) is 4. The molecule has 5 nitrogen and oxygen atoms in total. The summed E-state index contributed by atoms with van der Waals surface area (Å²) in [4.78, 5) is 10.1. The lowest BCUT2D eigenvalue weighted by molar-refractivity contribution is -0.384. The molecule has 7 heteroatoms. The molecule has 0 aromatic heterocycles. The molecule has 0 amide bonds. The van der Waals surface area contributed by atoms with Crippen molar-refractivity contribution in [3.8, 4) is 0 Å². The van der Waals surface area contributed by atoms with Crippen LogP contribution in [0.25, 0.3) is 0 Å². The summed E-state index contributed by atoms with van der Waals surface area (Å²) in [5.41, 5.74) is 0.405. The number of halogens is 2. The molecule has 0 bridgehead atoms. The summed E-state index contributed by atoms with van der Waals surface area (Å²) in [7, 11) is 0. The van der Waals surface area contributed by atoms with Gasteiger partial charge in [0.1, 0.15) is 0 Å². The van der Waals surface area contributed by atoms with Crippen LogP contribution in [0.1, 0.15) is 6.42 Å². The molecule has 1 aromatic carbocycles. The number of ether oxygens (including phenoxy) is 1. The van der Waals surface area contributed by atoms with E-state index in [4.69, 9.17) is 27.9 Å². The van der Waals surface area contributed by atoms with Gasteiger partial charge in [-0.15, -0.1) is 0 Å². The maximum absolute atomic E-state index is 10.6. The van der Waals surface area contributed by atoms with Gasteiger partial charge < -0.3 is 10.1 Å². The van der Waals surface area contributed by atoms with Gasteiger partial charge in [0.05, 0.1) is 33.3 Å². The lowest BCUT2D eigenvalue weighted by Crippen LogP contribution is -2.19. The summed E-state index contributed by atoms with van der Waals surface area (Å²) in [5, 5.41) is 14.2. The van der Waals surface area contributed by atoms with E-state index in [0.717, 1.165) is 6.42 Å². The summed E-state index contributed by atoms with van der Waals surface area (Å²) in [6, 6.07) is 2.71. The van der Waals surface area contributed by atoms with Crippen LogP contribution in [0.3, 0.4) is 0 Å². The zero-order chi connectivity index (χ0) is 12.4. The fourth-order valence-electron chi connectivity index (χ4n) is 1.66. The summed E-state index contributed by atoms with van der Waals surface area (Å²) in [6.07, 6.45) is 0.865. The molecular weight excluding hydrogens is 267 g/mol. The van der Waals surface area contributed by atoms with Gasteiger partial charge in [0.25, 0.3) is 5.69 Å². The van der Waals surface area contributed by atoms with Gasteiger partial charge in [-0.25, -0.2) is 0 Å². The van der Waals surface area contributed by atoms with Crippen molar-refractivity contribution in [1.82, 2.24) is 0 Å². The molecule has 2 rings (SSSR count). The SMILES string of the molecule is O=[N+]([O-])c1cc(Cl)c(NC2CCOC2)c(Cl)c1. The Balaban J connectivity index is 2.24. The highest BCUT2D eigenvalue weighted by Crippen LogP contribution is 2.35. The number of nitro benzene ring substituents is 1. The van der Waals surface area contributed by atoms with E-state index in [2.05, 4.69) is 5.32 Å². The smallest absolute Gasteiger partial charge is 0.272 e. The van der Waals surface area contributed by atoms with Crippen molar-refractivity contribution in [2.75, 3.05) is 18.5 Å². The van der Waals surface area contributed by atoms with E-state index < -0.39 is 4.92 Å². The minimum atomic E-state index is -0.528. The Morgan fingerprint density at radius 1 is 1.41 bits per heavy atom. The van der Waals surface area contributed by atoms with Gasteiger partial charge in [-0.2, -0.15) is 0 Å². The highest BCUT2D eigenvalue weighted by atomic mass is 35.5. The van der Waals surface area contributed by atoms with E-state index in [9.17, 15) is 10.1 Å². The van der Waals surface area contributed by atoms with Crippen molar-refractivity contribution in [1.29, 1.82) is 0 Å². The molecule has 1 N–H and O–H groups in total. The quantitative estimate of drug-likeness (QED) is 0.681. The van der Waals surface area contributed by atoms with E-state index in [1.54, 1.807) is 0 Å². The molecule has 1 fully saturated rings. The molecule has 1 atom stereocenters. The van der Waals surface area contributed by atoms with E-state index in [1.165, 1.54) is 12.1 Å². The maximum Gasteiger partial charge on any atom is 0.272 e. The second kappa shape index (κ2) is 5.08. The number of benzene rings is 1. The van der Waals surface area contributed by atoms with Crippen molar-refractivity contribution in [2.24, 2.45) is 0 Å². The zero-order valence-corrected chi connectivity index (χ0v) is 10.3. The molecule has 1 saturated heterocycles. The molecule has 0 spiro atoms. The maximum atomic E-state index is 10.6. The average Bonchev–Trinajstić information content (AvgIpc) is 2.75. The highest BCUT2D eigenvalue weighted by molar-refractivity contribution is 6.39. The van der Waals surface area contributed by atoms with Crippen molar-refractivity contribution < 1.29 is 9.66 Å². The highest BCUT2D eigenvalue weighted by Gasteiger charge is 2.20. The van der Waals surface area contributed by atoms with Crippen molar-refractivity contribution >= 4 is 34.6 Å². The van der Waals surface area contributed by atoms with E-state index in [1.807, 2.05) is 0 Å². The van der Waals surface area contributed by atoms with Gasteiger partial charge in [-0.05, 0) is 6.42 Å². The second-order valence-corrected chi connectivity index (χ2v) is 4.56. The Hall–Kier alpha value is -1.04. The van der Waals surface area contributed by atoms with Crippen LogP contribution in [-0.4, -0.2) is 24.2 Å². The fraction of sp³-hybridized carbons (Fsp3) is 0.400. The minimum absolute atomic E-state index is 0.117. The Labute approximate surface area is 108 Å². The lowest BCUT2D eigenvalue weighted by Gasteiger charge is -2.14. The van der Waals surface area contributed by atoms with Gasteiger partial charge >= 0.3 is 0 Å². The number of hydrogen-bond donors (Lipinski definition) is 1. The van der Waals surface area contributed by atoms with Gasteiger partial charge in [-0.3, -0.25) is 10.1 Å². The first-order valence-corrected chi connectivity index (χ1v) is 5.81. The number of non-ortho nitro benzene ring substituents is 1. The first-order chi connectivity index (χ1) is 8.08. The van der Waals surface area contributed by atoms with E-state index >= 15 is 0 Å². The molecule has 0 saturated carbocycles. The largest absolute Gasteiger partial charge is 0.379 e. The molecule has 0 radical (unpaired) electrons. The van der Waals surface area contributed by atoms with Crippen LogP contribution in [-0.2, 0) is 4.74 Å². The normalized spacial score (nSPS) is 19.3. The van der Waals surface area contributed by atoms with Crippen molar-refractivity contribution in [2.45, 2.75) is 12.5 Å². The Kier molecular flexibility index (Phi) is 3.71. The fourth-order valence-corrected chi connectivity index (χ4v) is 2.24. The number of nitrogens with zero attached hydrogens (tertiary/aromatic N) is 1. The van der Waals surface area contributed by atoms with Crippen LogP contribution in [0.2, 0.25) is 10.0 Å². The molecule has 1 heterocycles. The van der Waals surface area contributed by atoms with Crippen LogP contribution >= 0.6 is 23.2 Å². The molecule has 17 heavy (non-hydrogen) atoms. The van der Waals surface area contributed by atoms with Crippen LogP contribution < -0.4 is 5.32 Å². The monoisotopic (exact) mass is 276 g/mol. The molecule has 1 unspecified atom stereocenters. The molecule has 0 aliphatic carbocycles. The molecule has 1 aromatic rings. The second-order valence-electron chi connectivity index (χ2n) is 3.75. The summed E-state index contributed by atoms with van der Waals surface area (Å²) < 4.78 is 5.21. The Bertz CT molecular complexity index is 424. The summed E-state index contributed by atoms with van der Waals surface area (Å²) in [5.74, 6) is 0. The van der Waals surface area contributed by atoms with Crippen molar-refractivity contribution in [3.63, 3.8) is 0 Å². The van der Waals surface area contributed by atoms with Gasteiger partial charge in [0, 0.05) is 18.7 Å². The zero-order valence-electron chi connectivity index (χ0n) is 8.78. The lowest BCUT2D eigenvalue weighted by atomic mass is 10.2. The first-order valence-electron chi connectivity index (χ1n) is 5.05. The molecular formula is C10H10Cl2N2O3.